The molecule has 0 bridgehead atoms. The van der Waals surface area contributed by atoms with Crippen LogP contribution in [0.2, 0.25) is 5.15 Å². The molecule has 5 nitrogen and oxygen atoms in total. The monoisotopic (exact) mass is 289 g/mol. The van der Waals surface area contributed by atoms with E-state index in [2.05, 4.69) is 4.98 Å². The summed E-state index contributed by atoms with van der Waals surface area (Å²) in [5.74, 6) is 0.0608. The molecule has 0 unspecified atom stereocenters. The molecule has 0 spiro atoms. The Hall–Kier alpha value is -0.850. The van der Waals surface area contributed by atoms with Gasteiger partial charge in [0.05, 0.1) is 11.5 Å². The average Bonchev–Trinajstić information content (AvgIpc) is 2.67. The summed E-state index contributed by atoms with van der Waals surface area (Å²) in [6.45, 7) is 4.99. The number of halogens is 1. The molecule has 1 saturated heterocycles. The van der Waals surface area contributed by atoms with Crippen LogP contribution in [0.25, 0.3) is 0 Å². The van der Waals surface area contributed by atoms with Crippen LogP contribution >= 0.6 is 22.9 Å². The summed E-state index contributed by atoms with van der Waals surface area (Å²) in [6.07, 6.45) is 0. The summed E-state index contributed by atoms with van der Waals surface area (Å²) in [4.78, 5) is 20.7. The van der Waals surface area contributed by atoms with Gasteiger partial charge in [-0.15, -0.1) is 0 Å². The number of rotatable bonds is 2. The first kappa shape index (κ1) is 13.6. The fourth-order valence-electron chi connectivity index (χ4n) is 2.08. The molecular formula is C11H16ClN3O2S. The Morgan fingerprint density at radius 2 is 2.17 bits per heavy atom. The lowest BCUT2D eigenvalue weighted by Crippen LogP contribution is -2.62. The van der Waals surface area contributed by atoms with Crippen LogP contribution < -0.4 is 4.90 Å². The lowest BCUT2D eigenvalue weighted by molar-refractivity contribution is -0.136. The van der Waals surface area contributed by atoms with E-state index in [9.17, 15) is 4.79 Å². The van der Waals surface area contributed by atoms with Gasteiger partial charge in [-0.05, 0) is 13.8 Å². The van der Waals surface area contributed by atoms with E-state index in [1.54, 1.807) is 11.9 Å². The Bertz CT molecular complexity index is 475. The number of carbonyl (C=O) groups is 1. The molecule has 0 aromatic carbocycles. The van der Waals surface area contributed by atoms with Gasteiger partial charge in [0.15, 0.2) is 5.13 Å². The fraction of sp³-hybridized carbons (Fsp3) is 0.636. The molecule has 18 heavy (non-hydrogen) atoms. The summed E-state index contributed by atoms with van der Waals surface area (Å²) in [7, 11) is 1.80. The van der Waals surface area contributed by atoms with Crippen molar-refractivity contribution in [3.05, 3.63) is 10.0 Å². The molecule has 1 aromatic rings. The number of carbonyl (C=O) groups excluding carboxylic acids is 1. The molecule has 100 valence electrons. The van der Waals surface area contributed by atoms with Gasteiger partial charge in [-0.1, -0.05) is 22.9 Å². The van der Waals surface area contributed by atoms with E-state index in [4.69, 9.17) is 16.7 Å². The van der Waals surface area contributed by atoms with Crippen molar-refractivity contribution in [2.24, 2.45) is 0 Å². The molecule has 0 saturated carbocycles. The van der Waals surface area contributed by atoms with E-state index >= 15 is 0 Å². The molecule has 1 amide bonds. The third-order valence-corrected chi connectivity index (χ3v) is 4.70. The number of aliphatic hydroxyl groups is 1. The van der Waals surface area contributed by atoms with Crippen molar-refractivity contribution in [2.45, 2.75) is 26.0 Å². The van der Waals surface area contributed by atoms with Crippen LogP contribution in [0, 0.1) is 0 Å². The molecule has 1 N–H and O–H groups in total. The maximum absolute atomic E-state index is 12.2. The molecular weight excluding hydrogens is 274 g/mol. The lowest BCUT2D eigenvalue weighted by Gasteiger charge is -2.44. The van der Waals surface area contributed by atoms with Gasteiger partial charge in [0.25, 0.3) is 0 Å². The lowest BCUT2D eigenvalue weighted by atomic mass is 9.99. The highest BCUT2D eigenvalue weighted by molar-refractivity contribution is 7.16. The van der Waals surface area contributed by atoms with Gasteiger partial charge in [-0.2, -0.15) is 0 Å². The molecule has 2 heterocycles. The predicted octanol–water partition coefficient (Wildman–Crippen LogP) is 1.35. The highest BCUT2D eigenvalue weighted by Crippen LogP contribution is 2.35. The second-order valence-electron chi connectivity index (χ2n) is 4.81. The van der Waals surface area contributed by atoms with E-state index in [-0.39, 0.29) is 12.5 Å². The second kappa shape index (κ2) is 4.68. The SMILES string of the molecule is CN1CCN(c2nc(Cl)c(CO)s2)C(C)(C)C1=O. The summed E-state index contributed by atoms with van der Waals surface area (Å²) >= 11 is 7.27. The van der Waals surface area contributed by atoms with Crippen LogP contribution in [0.3, 0.4) is 0 Å². The number of anilines is 1. The molecule has 1 fully saturated rings. The number of aliphatic hydroxyl groups excluding tert-OH is 1. The van der Waals surface area contributed by atoms with E-state index in [1.165, 1.54) is 11.3 Å². The zero-order valence-corrected chi connectivity index (χ0v) is 12.2. The van der Waals surface area contributed by atoms with Gasteiger partial charge in [-0.25, -0.2) is 4.98 Å². The fourth-order valence-corrected chi connectivity index (χ4v) is 3.37. The van der Waals surface area contributed by atoms with Crippen LogP contribution in [0.5, 0.6) is 0 Å². The molecule has 2 rings (SSSR count). The Balaban J connectivity index is 2.35. The molecule has 0 atom stereocenters. The smallest absolute Gasteiger partial charge is 0.247 e. The molecule has 1 aliphatic heterocycles. The number of likely N-dealkylation sites (N-methyl/N-ethyl adjacent to an activating group) is 1. The highest BCUT2D eigenvalue weighted by Gasteiger charge is 2.41. The zero-order chi connectivity index (χ0) is 13.5. The normalized spacial score (nSPS) is 19.5. The number of hydrogen-bond donors (Lipinski definition) is 1. The van der Waals surface area contributed by atoms with Crippen LogP contribution in [-0.4, -0.2) is 46.6 Å². The minimum Gasteiger partial charge on any atom is -0.391 e. The Morgan fingerprint density at radius 3 is 2.72 bits per heavy atom. The first-order valence-corrected chi connectivity index (χ1v) is 6.86. The minimum atomic E-state index is -0.638. The van der Waals surface area contributed by atoms with E-state index in [0.29, 0.717) is 28.3 Å². The van der Waals surface area contributed by atoms with E-state index in [1.807, 2.05) is 18.7 Å². The second-order valence-corrected chi connectivity index (χ2v) is 6.23. The van der Waals surface area contributed by atoms with Crippen molar-refractivity contribution >= 4 is 34.0 Å². The van der Waals surface area contributed by atoms with Crippen LogP contribution in [0.1, 0.15) is 18.7 Å². The van der Waals surface area contributed by atoms with Crippen molar-refractivity contribution in [3.63, 3.8) is 0 Å². The van der Waals surface area contributed by atoms with Crippen molar-refractivity contribution in [1.82, 2.24) is 9.88 Å². The molecule has 1 aliphatic rings. The van der Waals surface area contributed by atoms with Gasteiger partial charge in [0.1, 0.15) is 10.7 Å². The van der Waals surface area contributed by atoms with Gasteiger partial charge < -0.3 is 14.9 Å². The Kier molecular flexibility index (Phi) is 3.53. The maximum Gasteiger partial charge on any atom is 0.247 e. The third kappa shape index (κ3) is 2.08. The highest BCUT2D eigenvalue weighted by atomic mass is 35.5. The van der Waals surface area contributed by atoms with Crippen molar-refractivity contribution in [1.29, 1.82) is 0 Å². The largest absolute Gasteiger partial charge is 0.391 e. The van der Waals surface area contributed by atoms with E-state index in [0.717, 1.165) is 0 Å². The molecule has 7 heteroatoms. The molecule has 0 radical (unpaired) electrons. The van der Waals surface area contributed by atoms with Crippen LogP contribution in [0.4, 0.5) is 5.13 Å². The predicted molar refractivity (Wildman–Crippen MR) is 72.1 cm³/mol. The summed E-state index contributed by atoms with van der Waals surface area (Å²) < 4.78 is 0. The summed E-state index contributed by atoms with van der Waals surface area (Å²) in [5, 5.41) is 10.2. The van der Waals surface area contributed by atoms with Gasteiger partial charge >= 0.3 is 0 Å². The van der Waals surface area contributed by atoms with Crippen molar-refractivity contribution in [3.8, 4) is 0 Å². The topological polar surface area (TPSA) is 56.7 Å². The summed E-state index contributed by atoms with van der Waals surface area (Å²) in [5.41, 5.74) is -0.638. The Morgan fingerprint density at radius 1 is 1.50 bits per heavy atom. The number of amides is 1. The van der Waals surface area contributed by atoms with Crippen molar-refractivity contribution < 1.29 is 9.90 Å². The third-order valence-electron chi connectivity index (χ3n) is 3.22. The van der Waals surface area contributed by atoms with Gasteiger partial charge in [-0.3, -0.25) is 4.79 Å². The number of thiazole rings is 1. The van der Waals surface area contributed by atoms with Gasteiger partial charge in [0.2, 0.25) is 5.91 Å². The number of nitrogens with zero attached hydrogens (tertiary/aromatic N) is 3. The first-order valence-electron chi connectivity index (χ1n) is 5.67. The van der Waals surface area contributed by atoms with Gasteiger partial charge in [0, 0.05) is 20.1 Å². The quantitative estimate of drug-likeness (QED) is 0.893. The molecule has 1 aromatic heterocycles. The standard InChI is InChI=1S/C11H16ClN3O2S/c1-11(2)9(17)14(3)4-5-15(11)10-13-8(12)7(6-16)18-10/h16H,4-6H2,1-3H3. The van der Waals surface area contributed by atoms with Crippen molar-refractivity contribution in [2.75, 3.05) is 25.0 Å². The Labute approximate surface area is 115 Å². The number of hydrogen-bond acceptors (Lipinski definition) is 5. The number of piperazine rings is 1. The zero-order valence-electron chi connectivity index (χ0n) is 10.6. The van der Waals surface area contributed by atoms with Crippen LogP contribution in [-0.2, 0) is 11.4 Å². The van der Waals surface area contributed by atoms with Crippen LogP contribution in [0.15, 0.2) is 0 Å². The average molecular weight is 290 g/mol. The number of aromatic nitrogens is 1. The molecule has 0 aliphatic carbocycles. The first-order chi connectivity index (χ1) is 8.37. The minimum absolute atomic E-state index is 0.0608. The summed E-state index contributed by atoms with van der Waals surface area (Å²) in [6, 6.07) is 0. The maximum atomic E-state index is 12.2. The van der Waals surface area contributed by atoms with E-state index < -0.39 is 5.54 Å².